The first-order valence-corrected chi connectivity index (χ1v) is 10.0. The molecule has 1 N–H and O–H groups in total. The molecule has 1 atom stereocenters. The molecule has 0 bridgehead atoms. The van der Waals surface area contributed by atoms with Crippen LogP contribution in [0.25, 0.3) is 0 Å². The minimum Gasteiger partial charge on any atom is -0.497 e. The lowest BCUT2D eigenvalue weighted by atomic mass is 10.1. The molecule has 2 aromatic carbocycles. The molecule has 0 unspecified atom stereocenters. The minimum atomic E-state index is -0.0283. The minimum absolute atomic E-state index is 0.0268. The molecule has 6 nitrogen and oxygen atoms in total. The maximum Gasteiger partial charge on any atom is 0.230 e. The second-order valence-corrected chi connectivity index (χ2v) is 7.41. The molecule has 0 saturated heterocycles. The average Bonchev–Trinajstić information content (AvgIpc) is 3.07. The van der Waals surface area contributed by atoms with Crippen molar-refractivity contribution in [1.29, 1.82) is 0 Å². The summed E-state index contributed by atoms with van der Waals surface area (Å²) in [7, 11) is 3.57. The van der Waals surface area contributed by atoms with Crippen LogP contribution >= 0.6 is 11.8 Å². The van der Waals surface area contributed by atoms with Gasteiger partial charge in [-0.15, -0.1) is 10.2 Å². The molecule has 1 aromatic heterocycles. The quantitative estimate of drug-likeness (QED) is 0.591. The Kier molecular flexibility index (Phi) is 6.71. The van der Waals surface area contributed by atoms with Gasteiger partial charge in [-0.2, -0.15) is 0 Å². The third-order valence-corrected chi connectivity index (χ3v) is 5.48. The van der Waals surface area contributed by atoms with Crippen LogP contribution in [0.5, 0.6) is 5.75 Å². The van der Waals surface area contributed by atoms with Crippen molar-refractivity contribution < 1.29 is 9.53 Å². The van der Waals surface area contributed by atoms with Gasteiger partial charge in [-0.05, 0) is 30.2 Å². The SMILES string of the molecule is COc1ccc(Cc2nnc(SCC(=O)N[C@H](C)c3ccccc3)n2C)cc1. The van der Waals surface area contributed by atoms with Gasteiger partial charge < -0.3 is 14.6 Å². The molecule has 0 aliphatic rings. The van der Waals surface area contributed by atoms with Crippen LogP contribution in [0.15, 0.2) is 59.8 Å². The molecule has 28 heavy (non-hydrogen) atoms. The zero-order valence-electron chi connectivity index (χ0n) is 16.3. The molecule has 146 valence electrons. The number of aromatic nitrogens is 3. The van der Waals surface area contributed by atoms with Crippen LogP contribution in [0.4, 0.5) is 0 Å². The summed E-state index contributed by atoms with van der Waals surface area (Å²) in [6, 6.07) is 17.8. The van der Waals surface area contributed by atoms with E-state index in [1.165, 1.54) is 11.8 Å². The fraction of sp³-hybridized carbons (Fsp3) is 0.286. The van der Waals surface area contributed by atoms with Crippen LogP contribution in [0, 0.1) is 0 Å². The largest absolute Gasteiger partial charge is 0.497 e. The topological polar surface area (TPSA) is 69.0 Å². The van der Waals surface area contributed by atoms with E-state index in [-0.39, 0.29) is 11.9 Å². The molecule has 0 spiro atoms. The monoisotopic (exact) mass is 396 g/mol. The van der Waals surface area contributed by atoms with E-state index < -0.39 is 0 Å². The third-order valence-electron chi connectivity index (χ3n) is 4.46. The van der Waals surface area contributed by atoms with Crippen molar-refractivity contribution in [1.82, 2.24) is 20.1 Å². The molecule has 0 aliphatic heterocycles. The van der Waals surface area contributed by atoms with Gasteiger partial charge in [-0.3, -0.25) is 4.79 Å². The number of nitrogens with one attached hydrogen (secondary N) is 1. The smallest absolute Gasteiger partial charge is 0.230 e. The number of methoxy groups -OCH3 is 1. The van der Waals surface area contributed by atoms with Crippen molar-refractivity contribution >= 4 is 17.7 Å². The highest BCUT2D eigenvalue weighted by atomic mass is 32.2. The number of benzene rings is 2. The van der Waals surface area contributed by atoms with Gasteiger partial charge in [0.25, 0.3) is 0 Å². The van der Waals surface area contributed by atoms with Gasteiger partial charge in [-0.25, -0.2) is 0 Å². The van der Waals surface area contributed by atoms with Gasteiger partial charge >= 0.3 is 0 Å². The van der Waals surface area contributed by atoms with Crippen LogP contribution in [-0.4, -0.2) is 33.5 Å². The number of hydrogen-bond acceptors (Lipinski definition) is 5. The number of rotatable bonds is 8. The second-order valence-electron chi connectivity index (χ2n) is 6.47. The van der Waals surface area contributed by atoms with Crippen molar-refractivity contribution in [2.24, 2.45) is 7.05 Å². The fourth-order valence-electron chi connectivity index (χ4n) is 2.79. The molecular formula is C21H24N4O2S. The second kappa shape index (κ2) is 9.41. The highest BCUT2D eigenvalue weighted by Gasteiger charge is 2.14. The van der Waals surface area contributed by atoms with Crippen molar-refractivity contribution in [3.63, 3.8) is 0 Å². The third kappa shape index (κ3) is 5.13. The lowest BCUT2D eigenvalue weighted by molar-refractivity contribution is -0.119. The summed E-state index contributed by atoms with van der Waals surface area (Å²) in [6.45, 7) is 1.98. The Labute approximate surface area is 169 Å². The molecule has 0 radical (unpaired) electrons. The fourth-order valence-corrected chi connectivity index (χ4v) is 3.53. The van der Waals surface area contributed by atoms with E-state index in [4.69, 9.17) is 4.74 Å². The first kappa shape index (κ1) is 19.9. The summed E-state index contributed by atoms with van der Waals surface area (Å²) in [5, 5.41) is 12.2. The molecule has 3 aromatic rings. The van der Waals surface area contributed by atoms with E-state index in [1.807, 2.05) is 73.1 Å². The first-order chi connectivity index (χ1) is 13.6. The zero-order valence-corrected chi connectivity index (χ0v) is 17.1. The Bertz CT molecular complexity index is 910. The molecule has 3 rings (SSSR count). The summed E-state index contributed by atoms with van der Waals surface area (Å²) in [4.78, 5) is 12.3. The number of amides is 1. The van der Waals surface area contributed by atoms with Crippen molar-refractivity contribution in [3.8, 4) is 5.75 Å². The molecule has 7 heteroatoms. The van der Waals surface area contributed by atoms with Gasteiger partial charge in [0, 0.05) is 13.5 Å². The van der Waals surface area contributed by atoms with E-state index in [2.05, 4.69) is 15.5 Å². The van der Waals surface area contributed by atoms with Crippen LogP contribution in [0.1, 0.15) is 29.9 Å². The van der Waals surface area contributed by atoms with Crippen molar-refractivity contribution in [2.75, 3.05) is 12.9 Å². The number of ether oxygens (including phenoxy) is 1. The van der Waals surface area contributed by atoms with Crippen molar-refractivity contribution in [2.45, 2.75) is 24.5 Å². The van der Waals surface area contributed by atoms with E-state index in [1.54, 1.807) is 7.11 Å². The zero-order chi connectivity index (χ0) is 19.9. The summed E-state index contributed by atoms with van der Waals surface area (Å²) < 4.78 is 7.12. The van der Waals surface area contributed by atoms with Gasteiger partial charge in [0.15, 0.2) is 5.16 Å². The Morgan fingerprint density at radius 2 is 1.86 bits per heavy atom. The maximum absolute atomic E-state index is 12.3. The lowest BCUT2D eigenvalue weighted by Gasteiger charge is -2.14. The summed E-state index contributed by atoms with van der Waals surface area (Å²) in [6.07, 6.45) is 0.672. The summed E-state index contributed by atoms with van der Waals surface area (Å²) in [5.74, 6) is 1.95. The maximum atomic E-state index is 12.3. The van der Waals surface area contributed by atoms with Crippen LogP contribution in [0.2, 0.25) is 0 Å². The van der Waals surface area contributed by atoms with E-state index >= 15 is 0 Å². The van der Waals surface area contributed by atoms with E-state index in [9.17, 15) is 4.79 Å². The normalized spacial score (nSPS) is 11.8. The molecule has 1 amide bonds. The number of carbonyl (C=O) groups excluding carboxylic acids is 1. The standard InChI is InChI=1S/C21H24N4O2S/c1-15(17-7-5-4-6-8-17)22-20(26)14-28-21-24-23-19(25(21)2)13-16-9-11-18(27-3)12-10-16/h4-12,15H,13-14H2,1-3H3,(H,22,26)/t15-/m1/s1. The molecular weight excluding hydrogens is 372 g/mol. The van der Waals surface area contributed by atoms with Gasteiger partial charge in [0.1, 0.15) is 11.6 Å². The van der Waals surface area contributed by atoms with Crippen LogP contribution in [-0.2, 0) is 18.3 Å². The molecule has 0 saturated carbocycles. The highest BCUT2D eigenvalue weighted by molar-refractivity contribution is 7.99. The predicted molar refractivity (Wildman–Crippen MR) is 111 cm³/mol. The van der Waals surface area contributed by atoms with Gasteiger partial charge in [0.05, 0.1) is 18.9 Å². The number of thioether (sulfide) groups is 1. The predicted octanol–water partition coefficient (Wildman–Crippen LogP) is 3.38. The lowest BCUT2D eigenvalue weighted by Crippen LogP contribution is -2.28. The van der Waals surface area contributed by atoms with Gasteiger partial charge in [0.2, 0.25) is 5.91 Å². The summed E-state index contributed by atoms with van der Waals surface area (Å²) >= 11 is 1.39. The number of hydrogen-bond donors (Lipinski definition) is 1. The van der Waals surface area contributed by atoms with E-state index in [0.717, 1.165) is 27.9 Å². The van der Waals surface area contributed by atoms with Crippen LogP contribution < -0.4 is 10.1 Å². The highest BCUT2D eigenvalue weighted by Crippen LogP contribution is 2.19. The average molecular weight is 397 g/mol. The number of nitrogens with zero attached hydrogens (tertiary/aromatic N) is 3. The molecule has 1 heterocycles. The Morgan fingerprint density at radius 3 is 2.54 bits per heavy atom. The Morgan fingerprint density at radius 1 is 1.14 bits per heavy atom. The number of carbonyl (C=O) groups is 1. The summed E-state index contributed by atoms with van der Waals surface area (Å²) in [5.41, 5.74) is 2.21. The first-order valence-electron chi connectivity index (χ1n) is 9.05. The molecule has 0 aliphatic carbocycles. The van der Waals surface area contributed by atoms with E-state index in [0.29, 0.717) is 12.2 Å². The van der Waals surface area contributed by atoms with Crippen LogP contribution in [0.3, 0.4) is 0 Å². The van der Waals surface area contributed by atoms with Crippen molar-refractivity contribution in [3.05, 3.63) is 71.5 Å². The molecule has 0 fully saturated rings. The Balaban J connectivity index is 1.54. The Hall–Kier alpha value is -2.80. The van der Waals surface area contributed by atoms with Gasteiger partial charge in [-0.1, -0.05) is 54.2 Å².